The van der Waals surface area contributed by atoms with E-state index in [-0.39, 0.29) is 5.82 Å². The minimum Gasteiger partial charge on any atom is -0.478 e. The molecule has 0 saturated heterocycles. The van der Waals surface area contributed by atoms with Gasteiger partial charge in [-0.3, -0.25) is 9.13 Å². The molecule has 0 bridgehead atoms. The maximum Gasteiger partial charge on any atom is 0.342 e. The summed E-state index contributed by atoms with van der Waals surface area (Å²) in [5.41, 5.74) is 0. The van der Waals surface area contributed by atoms with Gasteiger partial charge in [0.25, 0.3) is 0 Å². The van der Waals surface area contributed by atoms with E-state index in [9.17, 15) is 9.13 Å². The highest BCUT2D eigenvalue weighted by Crippen LogP contribution is 2.59. The Kier molecular flexibility index (Phi) is 10.1. The van der Waals surface area contributed by atoms with Crippen LogP contribution in [0.25, 0.3) is 0 Å². The van der Waals surface area contributed by atoms with Gasteiger partial charge in [-0.2, -0.15) is 4.98 Å². The molecule has 0 aliphatic carbocycles. The third-order valence-corrected chi connectivity index (χ3v) is 8.03. The van der Waals surface area contributed by atoms with Crippen molar-refractivity contribution in [2.45, 2.75) is 51.9 Å². The standard InChI is InChI=1S/C17H32N2O7P2/c1-13(2)6-4-7-14(3)10-11-26-16-9-5-8-15(19-16)18-12-17(27(20,21)22)28(23,24)25/h5,8-9,13-14,17H,4,6-7,10-12H2,1-3H3,(H,18,19)(H2,20,21,22)(H2,23,24,25). The van der Waals surface area contributed by atoms with Gasteiger partial charge in [0.2, 0.25) is 5.88 Å². The molecule has 1 aromatic heterocycles. The third-order valence-electron chi connectivity index (χ3n) is 4.30. The van der Waals surface area contributed by atoms with E-state index < -0.39 is 27.1 Å². The summed E-state index contributed by atoms with van der Waals surface area (Å²) < 4.78 is 28.2. The maximum absolute atomic E-state index is 11.3. The first kappa shape index (κ1) is 25.1. The summed E-state index contributed by atoms with van der Waals surface area (Å²) in [5.74, 6) is 1.80. The molecule has 0 aromatic carbocycles. The molecule has 1 atom stereocenters. The maximum atomic E-state index is 11.3. The van der Waals surface area contributed by atoms with E-state index in [1.165, 1.54) is 18.9 Å². The highest BCUT2D eigenvalue weighted by Gasteiger charge is 2.43. The predicted octanol–water partition coefficient (Wildman–Crippen LogP) is 3.41. The number of anilines is 1. The van der Waals surface area contributed by atoms with Crippen molar-refractivity contribution < 1.29 is 33.4 Å². The van der Waals surface area contributed by atoms with E-state index in [0.717, 1.165) is 12.8 Å². The second kappa shape index (κ2) is 11.3. The van der Waals surface area contributed by atoms with Crippen LogP contribution >= 0.6 is 15.2 Å². The van der Waals surface area contributed by atoms with Crippen molar-refractivity contribution in [3.05, 3.63) is 18.2 Å². The first-order valence-electron chi connectivity index (χ1n) is 9.33. The second-order valence-electron chi connectivity index (χ2n) is 7.47. The van der Waals surface area contributed by atoms with Crippen molar-refractivity contribution in [1.82, 2.24) is 4.98 Å². The highest BCUT2D eigenvalue weighted by molar-refractivity contribution is 7.70. The van der Waals surface area contributed by atoms with Crippen molar-refractivity contribution in [3.8, 4) is 5.88 Å². The molecule has 28 heavy (non-hydrogen) atoms. The van der Waals surface area contributed by atoms with Crippen LogP contribution in [0, 0.1) is 11.8 Å². The lowest BCUT2D eigenvalue weighted by atomic mass is 9.98. The largest absolute Gasteiger partial charge is 0.478 e. The summed E-state index contributed by atoms with van der Waals surface area (Å²) in [4.78, 5) is 40.7. The van der Waals surface area contributed by atoms with E-state index in [2.05, 4.69) is 31.1 Å². The molecular weight excluding hydrogens is 406 g/mol. The van der Waals surface area contributed by atoms with Crippen LogP contribution in [0.1, 0.15) is 46.5 Å². The SMILES string of the molecule is CC(C)CCCC(C)CCOc1cccc(NCC(P(=O)(O)O)P(=O)(O)O)n1. The fraction of sp³-hybridized carbons (Fsp3) is 0.706. The molecule has 1 aromatic rings. The number of hydrogen-bond acceptors (Lipinski definition) is 5. The zero-order valence-electron chi connectivity index (χ0n) is 16.6. The fourth-order valence-electron chi connectivity index (χ4n) is 2.61. The van der Waals surface area contributed by atoms with Gasteiger partial charge in [0.05, 0.1) is 6.61 Å². The van der Waals surface area contributed by atoms with Gasteiger partial charge in [-0.25, -0.2) is 0 Å². The molecule has 1 rings (SSSR count). The van der Waals surface area contributed by atoms with Gasteiger partial charge in [-0.1, -0.05) is 46.1 Å². The quantitative estimate of drug-likeness (QED) is 0.292. The summed E-state index contributed by atoms with van der Waals surface area (Å²) in [5, 5.41) is 0.434. The minimum atomic E-state index is -4.98. The van der Waals surface area contributed by atoms with Crippen molar-refractivity contribution in [3.63, 3.8) is 0 Å². The Morgan fingerprint density at radius 2 is 1.68 bits per heavy atom. The molecule has 162 valence electrons. The van der Waals surface area contributed by atoms with E-state index >= 15 is 0 Å². The van der Waals surface area contributed by atoms with Gasteiger partial charge in [0, 0.05) is 12.6 Å². The Morgan fingerprint density at radius 1 is 1.04 bits per heavy atom. The van der Waals surface area contributed by atoms with Crippen molar-refractivity contribution in [2.75, 3.05) is 18.5 Å². The van der Waals surface area contributed by atoms with Crippen LogP contribution in [-0.2, 0) is 9.13 Å². The Morgan fingerprint density at radius 3 is 2.25 bits per heavy atom. The molecule has 0 aliphatic rings. The molecule has 5 N–H and O–H groups in total. The van der Waals surface area contributed by atoms with Crippen LogP contribution in [0.15, 0.2) is 18.2 Å². The first-order valence-corrected chi connectivity index (χ1v) is 12.7. The average Bonchev–Trinajstić information content (AvgIpc) is 2.52. The first-order chi connectivity index (χ1) is 12.9. The van der Waals surface area contributed by atoms with E-state index in [1.54, 1.807) is 12.1 Å². The second-order valence-corrected chi connectivity index (χ2v) is 11.5. The lowest BCUT2D eigenvalue weighted by molar-refractivity contribution is 0.267. The topological polar surface area (TPSA) is 149 Å². The minimum absolute atomic E-state index is 0.217. The molecule has 9 nitrogen and oxygen atoms in total. The highest BCUT2D eigenvalue weighted by atomic mass is 31.2. The number of ether oxygens (including phenoxy) is 1. The predicted molar refractivity (Wildman–Crippen MR) is 109 cm³/mol. The van der Waals surface area contributed by atoms with Crippen molar-refractivity contribution in [1.29, 1.82) is 0 Å². The molecule has 0 aliphatic heterocycles. The van der Waals surface area contributed by atoms with Gasteiger partial charge >= 0.3 is 15.2 Å². The number of nitrogens with zero attached hydrogens (tertiary/aromatic N) is 1. The number of pyridine rings is 1. The summed E-state index contributed by atoms with van der Waals surface area (Å²) in [7, 11) is -9.95. The molecule has 1 unspecified atom stereocenters. The van der Waals surface area contributed by atoms with E-state index in [0.29, 0.717) is 24.3 Å². The average molecular weight is 438 g/mol. The number of rotatable bonds is 13. The molecule has 1 heterocycles. The normalized spacial score (nSPS) is 13.8. The van der Waals surface area contributed by atoms with Gasteiger partial charge in [0.15, 0.2) is 5.40 Å². The Bertz CT molecular complexity index is 668. The third kappa shape index (κ3) is 10.0. The lowest BCUT2D eigenvalue weighted by Gasteiger charge is -2.20. The molecule has 0 fully saturated rings. The number of hydrogen-bond donors (Lipinski definition) is 5. The Balaban J connectivity index is 2.51. The smallest absolute Gasteiger partial charge is 0.342 e. The molecule has 0 spiro atoms. The summed E-state index contributed by atoms with van der Waals surface area (Å²) >= 11 is 0. The number of aromatic nitrogens is 1. The zero-order valence-corrected chi connectivity index (χ0v) is 18.4. The molecular formula is C17H32N2O7P2. The monoisotopic (exact) mass is 438 g/mol. The summed E-state index contributed by atoms with van der Waals surface area (Å²) in [6.07, 6.45) is 4.43. The lowest BCUT2D eigenvalue weighted by Crippen LogP contribution is -2.21. The van der Waals surface area contributed by atoms with Crippen molar-refractivity contribution in [2.24, 2.45) is 11.8 Å². The number of nitrogens with one attached hydrogen (secondary N) is 1. The Labute approximate surface area is 166 Å². The van der Waals surface area contributed by atoms with Gasteiger partial charge in [-0.05, 0) is 24.3 Å². The molecule has 0 saturated carbocycles. The van der Waals surface area contributed by atoms with E-state index in [1.807, 2.05) is 0 Å². The fourth-order valence-corrected chi connectivity index (χ4v) is 4.83. The van der Waals surface area contributed by atoms with Gasteiger partial charge < -0.3 is 29.6 Å². The van der Waals surface area contributed by atoms with Crippen LogP contribution in [0.5, 0.6) is 5.88 Å². The summed E-state index contributed by atoms with van der Waals surface area (Å²) in [6.45, 7) is 6.48. The Hall–Kier alpha value is -0.950. The van der Waals surface area contributed by atoms with Gasteiger partial charge in [-0.15, -0.1) is 0 Å². The molecule has 0 amide bonds. The van der Waals surface area contributed by atoms with Crippen LogP contribution in [0.2, 0.25) is 0 Å². The van der Waals surface area contributed by atoms with E-state index in [4.69, 9.17) is 24.3 Å². The van der Waals surface area contributed by atoms with Crippen LogP contribution in [-0.4, -0.2) is 43.1 Å². The summed E-state index contributed by atoms with van der Waals surface area (Å²) in [6, 6.07) is 4.82. The van der Waals surface area contributed by atoms with Gasteiger partial charge in [0.1, 0.15) is 5.82 Å². The molecule has 0 radical (unpaired) electrons. The van der Waals surface area contributed by atoms with Crippen LogP contribution in [0.4, 0.5) is 5.82 Å². The molecule has 11 heteroatoms. The van der Waals surface area contributed by atoms with Crippen molar-refractivity contribution >= 4 is 21.0 Å². The van der Waals surface area contributed by atoms with Crippen LogP contribution in [0.3, 0.4) is 0 Å². The van der Waals surface area contributed by atoms with Crippen LogP contribution < -0.4 is 10.1 Å². The zero-order chi connectivity index (χ0) is 21.4.